The molecule has 1 rings (SSSR count). The summed E-state index contributed by atoms with van der Waals surface area (Å²) < 4.78 is 5.06. The normalized spacial score (nSPS) is 12.5. The molecule has 0 aliphatic heterocycles. The molecule has 0 radical (unpaired) electrons. The lowest BCUT2D eigenvalue weighted by Gasteiger charge is -2.05. The molecule has 0 bridgehead atoms. The minimum absolute atomic E-state index is 0.106. The number of aliphatic hydroxyl groups excluding tert-OH is 1. The maximum Gasteiger partial charge on any atom is 0.256 e. The van der Waals surface area contributed by atoms with Crippen molar-refractivity contribution in [3.63, 3.8) is 0 Å². The number of aryl methyl sites for hydroxylation is 1. The topological polar surface area (TPSA) is 88.5 Å². The zero-order chi connectivity index (χ0) is 9.84. The van der Waals surface area contributed by atoms with Gasteiger partial charge in [0.1, 0.15) is 11.9 Å². The van der Waals surface area contributed by atoms with Gasteiger partial charge >= 0.3 is 0 Å². The molecule has 4 N–H and O–H groups in total. The average molecular weight is 184 g/mol. The van der Waals surface area contributed by atoms with Crippen LogP contribution < -0.4 is 11.1 Å². The van der Waals surface area contributed by atoms with Gasteiger partial charge in [-0.3, -0.25) is 10.1 Å². The van der Waals surface area contributed by atoms with Crippen molar-refractivity contribution >= 4 is 11.8 Å². The van der Waals surface area contributed by atoms with Gasteiger partial charge in [-0.05, 0) is 13.0 Å². The van der Waals surface area contributed by atoms with E-state index in [1.807, 2.05) is 0 Å². The second-order valence-electron chi connectivity index (χ2n) is 2.65. The molecule has 1 aromatic rings. The summed E-state index contributed by atoms with van der Waals surface area (Å²) in [7, 11) is 0. The number of carbonyl (C=O) groups is 1. The highest BCUT2D eigenvalue weighted by atomic mass is 16.4. The number of hydrogen-bond donors (Lipinski definition) is 3. The maximum atomic E-state index is 11.1. The van der Waals surface area contributed by atoms with Crippen LogP contribution in [-0.4, -0.2) is 23.7 Å². The monoisotopic (exact) mass is 184 g/mol. The Morgan fingerprint density at radius 3 is 2.92 bits per heavy atom. The summed E-state index contributed by atoms with van der Waals surface area (Å²) in [5, 5.41) is 11.4. The van der Waals surface area contributed by atoms with Crippen LogP contribution in [-0.2, 0) is 4.79 Å². The van der Waals surface area contributed by atoms with Gasteiger partial charge < -0.3 is 15.3 Å². The summed E-state index contributed by atoms with van der Waals surface area (Å²) in [6.45, 7) is 1.65. The fourth-order valence-corrected chi connectivity index (χ4v) is 0.813. The largest absolute Gasteiger partial charge is 0.446 e. The lowest BCUT2D eigenvalue weighted by atomic mass is 10.3. The number of carbonyl (C=O) groups excluding carboxylic acids is 1. The molecule has 1 heterocycles. The number of nitrogens with one attached hydrogen (secondary N) is 1. The van der Waals surface area contributed by atoms with Crippen LogP contribution in [0.5, 0.6) is 0 Å². The minimum Gasteiger partial charge on any atom is -0.446 e. The van der Waals surface area contributed by atoms with Crippen molar-refractivity contribution in [1.29, 1.82) is 0 Å². The maximum absolute atomic E-state index is 11.1. The average Bonchev–Trinajstić information content (AvgIpc) is 2.49. The Morgan fingerprint density at radius 2 is 2.46 bits per heavy atom. The van der Waals surface area contributed by atoms with E-state index in [2.05, 4.69) is 5.32 Å². The van der Waals surface area contributed by atoms with Crippen molar-refractivity contribution in [2.45, 2.75) is 13.0 Å². The first kappa shape index (κ1) is 9.76. The number of amides is 1. The van der Waals surface area contributed by atoms with Crippen molar-refractivity contribution < 1.29 is 14.3 Å². The van der Waals surface area contributed by atoms with Crippen LogP contribution in [0.4, 0.5) is 5.88 Å². The van der Waals surface area contributed by atoms with E-state index in [4.69, 9.17) is 15.3 Å². The predicted octanol–water partition coefficient (Wildman–Crippen LogP) is -0.154. The molecule has 0 aromatic carbocycles. The third-order valence-electron chi connectivity index (χ3n) is 1.51. The van der Waals surface area contributed by atoms with Gasteiger partial charge in [0.25, 0.3) is 5.91 Å². The number of furan rings is 1. The molecular weight excluding hydrogens is 172 g/mol. The summed E-state index contributed by atoms with van der Waals surface area (Å²) in [6.07, 6.45) is -1.19. The van der Waals surface area contributed by atoms with Gasteiger partial charge in [0.15, 0.2) is 5.88 Å². The van der Waals surface area contributed by atoms with E-state index in [1.54, 1.807) is 19.1 Å². The van der Waals surface area contributed by atoms with Gasteiger partial charge in [0.05, 0.1) is 0 Å². The van der Waals surface area contributed by atoms with Gasteiger partial charge in [-0.1, -0.05) is 0 Å². The fourth-order valence-electron chi connectivity index (χ4n) is 0.813. The Kier molecular flexibility index (Phi) is 3.05. The number of nitrogens with two attached hydrogens (primary N) is 1. The molecule has 13 heavy (non-hydrogen) atoms. The van der Waals surface area contributed by atoms with Crippen molar-refractivity contribution in [3.05, 3.63) is 17.9 Å². The first-order valence-corrected chi connectivity index (χ1v) is 3.89. The highest BCUT2D eigenvalue weighted by Gasteiger charge is 2.13. The molecular formula is C8H12N2O3. The Bertz CT molecular complexity index is 295. The van der Waals surface area contributed by atoms with Crippen LogP contribution in [0, 0.1) is 6.92 Å². The molecule has 72 valence electrons. The lowest BCUT2D eigenvalue weighted by molar-refractivity contribution is -0.123. The molecule has 1 atom stereocenters. The minimum atomic E-state index is -1.19. The standard InChI is InChI=1S/C8H12N2O3/c1-5-2-3-7(13-5)10-8(12)6(11)4-9/h2-3,6,11H,4,9H2,1H3,(H,10,12). The van der Waals surface area contributed by atoms with Crippen LogP contribution in [0.25, 0.3) is 0 Å². The van der Waals surface area contributed by atoms with E-state index >= 15 is 0 Å². The van der Waals surface area contributed by atoms with Crippen molar-refractivity contribution in [2.24, 2.45) is 5.73 Å². The van der Waals surface area contributed by atoms with Crippen molar-refractivity contribution in [3.8, 4) is 0 Å². The smallest absolute Gasteiger partial charge is 0.256 e. The number of anilines is 1. The third kappa shape index (κ3) is 2.57. The van der Waals surface area contributed by atoms with Crippen molar-refractivity contribution in [1.82, 2.24) is 0 Å². The quantitative estimate of drug-likeness (QED) is 0.609. The molecule has 0 saturated carbocycles. The molecule has 1 aromatic heterocycles. The number of hydrogen-bond acceptors (Lipinski definition) is 4. The second-order valence-corrected chi connectivity index (χ2v) is 2.65. The van der Waals surface area contributed by atoms with Crippen LogP contribution in [0.1, 0.15) is 5.76 Å². The van der Waals surface area contributed by atoms with Gasteiger partial charge in [-0.15, -0.1) is 0 Å². The SMILES string of the molecule is Cc1ccc(NC(=O)C(O)CN)o1. The molecule has 0 saturated heterocycles. The Morgan fingerprint density at radius 1 is 1.77 bits per heavy atom. The molecule has 0 spiro atoms. The van der Waals surface area contributed by atoms with Gasteiger partial charge in [-0.25, -0.2) is 0 Å². The summed E-state index contributed by atoms with van der Waals surface area (Å²) in [6, 6.07) is 3.32. The van der Waals surface area contributed by atoms with Crippen molar-refractivity contribution in [2.75, 3.05) is 11.9 Å². The van der Waals surface area contributed by atoms with E-state index < -0.39 is 12.0 Å². The molecule has 5 heteroatoms. The van der Waals surface area contributed by atoms with E-state index in [1.165, 1.54) is 0 Å². The van der Waals surface area contributed by atoms with Crippen LogP contribution in [0.3, 0.4) is 0 Å². The van der Waals surface area contributed by atoms with E-state index in [-0.39, 0.29) is 6.54 Å². The molecule has 0 fully saturated rings. The number of aliphatic hydroxyl groups is 1. The van der Waals surface area contributed by atoms with E-state index in [0.29, 0.717) is 11.6 Å². The second kappa shape index (κ2) is 4.06. The lowest BCUT2D eigenvalue weighted by Crippen LogP contribution is -2.33. The molecule has 0 aliphatic carbocycles. The highest BCUT2D eigenvalue weighted by Crippen LogP contribution is 2.11. The third-order valence-corrected chi connectivity index (χ3v) is 1.51. The summed E-state index contributed by atoms with van der Waals surface area (Å²) >= 11 is 0. The molecule has 1 amide bonds. The van der Waals surface area contributed by atoms with Crippen LogP contribution >= 0.6 is 0 Å². The molecule has 0 aliphatic rings. The van der Waals surface area contributed by atoms with Crippen LogP contribution in [0.2, 0.25) is 0 Å². The van der Waals surface area contributed by atoms with Gasteiger partial charge in [0, 0.05) is 12.6 Å². The van der Waals surface area contributed by atoms with Gasteiger partial charge in [-0.2, -0.15) is 0 Å². The van der Waals surface area contributed by atoms with E-state index in [0.717, 1.165) is 0 Å². The van der Waals surface area contributed by atoms with Gasteiger partial charge in [0.2, 0.25) is 0 Å². The zero-order valence-electron chi connectivity index (χ0n) is 7.28. The summed E-state index contributed by atoms with van der Waals surface area (Å²) in [4.78, 5) is 11.1. The Balaban J connectivity index is 2.54. The zero-order valence-corrected chi connectivity index (χ0v) is 7.28. The first-order chi connectivity index (χ1) is 6.13. The fraction of sp³-hybridized carbons (Fsp3) is 0.375. The summed E-state index contributed by atoms with van der Waals surface area (Å²) in [5.41, 5.74) is 5.09. The molecule has 1 unspecified atom stereocenters. The van der Waals surface area contributed by atoms with Crippen LogP contribution in [0.15, 0.2) is 16.5 Å². The highest BCUT2D eigenvalue weighted by molar-refractivity contribution is 5.92. The number of rotatable bonds is 3. The molecule has 5 nitrogen and oxygen atoms in total. The first-order valence-electron chi connectivity index (χ1n) is 3.89. The Hall–Kier alpha value is -1.33. The Labute approximate surface area is 75.5 Å². The van der Waals surface area contributed by atoms with E-state index in [9.17, 15) is 4.79 Å². The summed E-state index contributed by atoms with van der Waals surface area (Å²) in [5.74, 6) is 0.449. The predicted molar refractivity (Wildman–Crippen MR) is 47.1 cm³/mol.